The van der Waals surface area contributed by atoms with Crippen LogP contribution < -0.4 is 5.43 Å². The van der Waals surface area contributed by atoms with Gasteiger partial charge in [0, 0.05) is 6.42 Å². The summed E-state index contributed by atoms with van der Waals surface area (Å²) in [6.45, 7) is 2.15. The van der Waals surface area contributed by atoms with Crippen LogP contribution in [0.3, 0.4) is 0 Å². The van der Waals surface area contributed by atoms with E-state index >= 15 is 0 Å². The van der Waals surface area contributed by atoms with Crippen molar-refractivity contribution in [3.05, 3.63) is 71.8 Å². The van der Waals surface area contributed by atoms with E-state index in [4.69, 9.17) is 0 Å². The molecule has 0 saturated heterocycles. The van der Waals surface area contributed by atoms with Gasteiger partial charge < -0.3 is 0 Å². The molecular weight excluding hydrogens is 284 g/mol. The second kappa shape index (κ2) is 9.57. The lowest BCUT2D eigenvalue weighted by molar-refractivity contribution is -0.121. The van der Waals surface area contributed by atoms with Gasteiger partial charge in [-0.1, -0.05) is 74.0 Å². The summed E-state index contributed by atoms with van der Waals surface area (Å²) < 4.78 is 0. The fourth-order valence-corrected chi connectivity index (χ4v) is 2.33. The Morgan fingerprint density at radius 1 is 0.957 bits per heavy atom. The number of unbranched alkanes of at least 4 members (excludes halogenated alkanes) is 1. The number of hydrogen-bond donors (Lipinski definition) is 1. The summed E-state index contributed by atoms with van der Waals surface area (Å²) in [5, 5.41) is 4.36. The predicted molar refractivity (Wildman–Crippen MR) is 95.4 cm³/mol. The van der Waals surface area contributed by atoms with E-state index in [1.807, 2.05) is 60.7 Å². The molecule has 0 unspecified atom stereocenters. The quantitative estimate of drug-likeness (QED) is 0.572. The maximum atomic E-state index is 12.0. The largest absolute Gasteiger partial charge is 0.273 e. The monoisotopic (exact) mass is 308 g/mol. The summed E-state index contributed by atoms with van der Waals surface area (Å²) >= 11 is 0. The van der Waals surface area contributed by atoms with Gasteiger partial charge in [0.2, 0.25) is 5.91 Å². The maximum Gasteiger partial charge on any atom is 0.240 e. The van der Waals surface area contributed by atoms with E-state index in [0.717, 1.165) is 37.0 Å². The Balaban J connectivity index is 1.92. The average molecular weight is 308 g/mol. The number of nitrogens with zero attached hydrogens (tertiary/aromatic N) is 1. The van der Waals surface area contributed by atoms with Gasteiger partial charge in [-0.15, -0.1) is 0 Å². The number of rotatable bonds is 8. The molecular formula is C20H24N2O. The number of benzene rings is 2. The van der Waals surface area contributed by atoms with Crippen molar-refractivity contribution in [1.82, 2.24) is 5.43 Å². The van der Waals surface area contributed by atoms with Crippen molar-refractivity contribution in [3.8, 4) is 0 Å². The second-order valence-corrected chi connectivity index (χ2v) is 5.55. The molecule has 0 saturated carbocycles. The van der Waals surface area contributed by atoms with Crippen molar-refractivity contribution >= 4 is 11.6 Å². The fraction of sp³-hybridized carbons (Fsp3) is 0.300. The smallest absolute Gasteiger partial charge is 0.240 e. The van der Waals surface area contributed by atoms with Crippen LogP contribution in [0.4, 0.5) is 0 Å². The Morgan fingerprint density at radius 2 is 1.61 bits per heavy atom. The Morgan fingerprint density at radius 3 is 2.26 bits per heavy atom. The molecule has 0 aliphatic carbocycles. The SMILES string of the molecule is CCCC/C(=N\NC(=O)CCc1ccccc1)c1ccccc1. The van der Waals surface area contributed by atoms with Crippen molar-refractivity contribution < 1.29 is 4.79 Å². The lowest BCUT2D eigenvalue weighted by Gasteiger charge is -2.07. The minimum Gasteiger partial charge on any atom is -0.273 e. The number of carbonyl (C=O) groups is 1. The van der Waals surface area contributed by atoms with Gasteiger partial charge in [-0.2, -0.15) is 5.10 Å². The van der Waals surface area contributed by atoms with Crippen LogP contribution in [0.25, 0.3) is 0 Å². The molecule has 2 aromatic rings. The predicted octanol–water partition coefficient (Wildman–Crippen LogP) is 4.33. The average Bonchev–Trinajstić information content (AvgIpc) is 2.61. The summed E-state index contributed by atoms with van der Waals surface area (Å²) in [6.07, 6.45) is 4.22. The highest BCUT2D eigenvalue weighted by molar-refractivity contribution is 6.01. The minimum absolute atomic E-state index is 0.0428. The van der Waals surface area contributed by atoms with Crippen molar-refractivity contribution in [3.63, 3.8) is 0 Å². The number of hydrazone groups is 1. The molecule has 0 fully saturated rings. The van der Waals surface area contributed by atoms with E-state index in [1.165, 1.54) is 5.56 Å². The number of carbonyl (C=O) groups excluding carboxylic acids is 1. The van der Waals surface area contributed by atoms with Crippen LogP contribution >= 0.6 is 0 Å². The van der Waals surface area contributed by atoms with E-state index in [9.17, 15) is 4.79 Å². The van der Waals surface area contributed by atoms with Crippen LogP contribution in [0.15, 0.2) is 65.8 Å². The second-order valence-electron chi connectivity index (χ2n) is 5.55. The molecule has 0 aromatic heterocycles. The summed E-state index contributed by atoms with van der Waals surface area (Å²) in [6, 6.07) is 20.1. The van der Waals surface area contributed by atoms with Crippen LogP contribution in [0.2, 0.25) is 0 Å². The third-order valence-electron chi connectivity index (χ3n) is 3.67. The molecule has 3 nitrogen and oxygen atoms in total. The summed E-state index contributed by atoms with van der Waals surface area (Å²) in [5.74, 6) is -0.0428. The van der Waals surface area contributed by atoms with Crippen molar-refractivity contribution in [2.45, 2.75) is 39.0 Å². The third kappa shape index (κ3) is 6.07. The Bertz CT molecular complexity index is 621. The number of amides is 1. The summed E-state index contributed by atoms with van der Waals surface area (Å²) in [7, 11) is 0. The number of hydrogen-bond acceptors (Lipinski definition) is 2. The number of nitrogens with one attached hydrogen (secondary N) is 1. The van der Waals surface area contributed by atoms with Crippen molar-refractivity contribution in [2.75, 3.05) is 0 Å². The Labute approximate surface area is 138 Å². The summed E-state index contributed by atoms with van der Waals surface area (Å²) in [4.78, 5) is 12.0. The molecule has 0 heterocycles. The van der Waals surface area contributed by atoms with Gasteiger partial charge in [-0.3, -0.25) is 4.79 Å². The van der Waals surface area contributed by atoms with Crippen LogP contribution in [0, 0.1) is 0 Å². The molecule has 0 aliphatic heterocycles. The van der Waals surface area contributed by atoms with E-state index in [2.05, 4.69) is 17.5 Å². The van der Waals surface area contributed by atoms with Crippen LogP contribution in [0.5, 0.6) is 0 Å². The molecule has 0 radical (unpaired) electrons. The highest BCUT2D eigenvalue weighted by Gasteiger charge is 2.05. The van der Waals surface area contributed by atoms with Crippen LogP contribution in [-0.2, 0) is 11.2 Å². The van der Waals surface area contributed by atoms with Crippen molar-refractivity contribution in [1.29, 1.82) is 0 Å². The molecule has 1 amide bonds. The highest BCUT2D eigenvalue weighted by Crippen LogP contribution is 2.08. The van der Waals surface area contributed by atoms with Crippen molar-refractivity contribution in [2.24, 2.45) is 5.10 Å². The number of aryl methyl sites for hydroxylation is 1. The first kappa shape index (κ1) is 16.9. The molecule has 3 heteroatoms. The van der Waals surface area contributed by atoms with E-state index in [-0.39, 0.29) is 5.91 Å². The van der Waals surface area contributed by atoms with Gasteiger partial charge in [0.1, 0.15) is 0 Å². The molecule has 2 rings (SSSR count). The maximum absolute atomic E-state index is 12.0. The van der Waals surface area contributed by atoms with Crippen LogP contribution in [0.1, 0.15) is 43.7 Å². The topological polar surface area (TPSA) is 41.5 Å². The lowest BCUT2D eigenvalue weighted by atomic mass is 10.1. The molecule has 0 spiro atoms. The van der Waals surface area contributed by atoms with Gasteiger partial charge in [-0.25, -0.2) is 5.43 Å². The minimum atomic E-state index is -0.0428. The van der Waals surface area contributed by atoms with Gasteiger partial charge >= 0.3 is 0 Å². The first-order valence-corrected chi connectivity index (χ1v) is 8.24. The van der Waals surface area contributed by atoms with E-state index in [1.54, 1.807) is 0 Å². The standard InChI is InChI=1S/C20H24N2O/c1-2-3-14-19(18-12-8-5-9-13-18)21-22-20(23)16-15-17-10-6-4-7-11-17/h4-13H,2-3,14-16H2,1H3,(H,22,23)/b21-19+. The highest BCUT2D eigenvalue weighted by atomic mass is 16.2. The molecule has 0 bridgehead atoms. The molecule has 23 heavy (non-hydrogen) atoms. The zero-order chi connectivity index (χ0) is 16.3. The normalized spacial score (nSPS) is 11.3. The van der Waals surface area contributed by atoms with Crippen LogP contribution in [-0.4, -0.2) is 11.6 Å². The Kier molecular flexibility index (Phi) is 7.05. The lowest BCUT2D eigenvalue weighted by Crippen LogP contribution is -2.20. The first-order chi connectivity index (χ1) is 11.3. The molecule has 1 N–H and O–H groups in total. The third-order valence-corrected chi connectivity index (χ3v) is 3.67. The van der Waals surface area contributed by atoms with Gasteiger partial charge in [0.05, 0.1) is 5.71 Å². The zero-order valence-corrected chi connectivity index (χ0v) is 13.7. The molecule has 2 aromatic carbocycles. The Hall–Kier alpha value is -2.42. The zero-order valence-electron chi connectivity index (χ0n) is 13.7. The van der Waals surface area contributed by atoms with Gasteiger partial charge in [-0.05, 0) is 30.4 Å². The van der Waals surface area contributed by atoms with Gasteiger partial charge in [0.15, 0.2) is 0 Å². The molecule has 120 valence electrons. The fourth-order valence-electron chi connectivity index (χ4n) is 2.33. The van der Waals surface area contributed by atoms with E-state index in [0.29, 0.717) is 6.42 Å². The van der Waals surface area contributed by atoms with Gasteiger partial charge in [0.25, 0.3) is 0 Å². The first-order valence-electron chi connectivity index (χ1n) is 8.24. The van der Waals surface area contributed by atoms with E-state index < -0.39 is 0 Å². The summed E-state index contributed by atoms with van der Waals surface area (Å²) in [5.41, 5.74) is 5.90. The molecule has 0 atom stereocenters. The molecule has 0 aliphatic rings.